The van der Waals surface area contributed by atoms with E-state index in [-0.39, 0.29) is 24.3 Å². The molecule has 2 aliphatic heterocycles. The monoisotopic (exact) mass is 288 g/mol. The van der Waals surface area contributed by atoms with Crippen LogP contribution < -0.4 is 4.90 Å². The van der Waals surface area contributed by atoms with Crippen LogP contribution in [0.25, 0.3) is 0 Å². The van der Waals surface area contributed by atoms with Crippen molar-refractivity contribution in [3.05, 3.63) is 29.3 Å². The van der Waals surface area contributed by atoms with E-state index in [9.17, 15) is 9.59 Å². The molecular weight excluding hydrogens is 268 g/mol. The molecule has 112 valence electrons. The number of hydrogen-bond acceptors (Lipinski definition) is 4. The van der Waals surface area contributed by atoms with Crippen molar-refractivity contribution in [2.75, 3.05) is 31.2 Å². The van der Waals surface area contributed by atoms with Crippen LogP contribution >= 0.6 is 0 Å². The fourth-order valence-electron chi connectivity index (χ4n) is 3.18. The zero-order valence-corrected chi connectivity index (χ0v) is 12.5. The normalized spacial score (nSPS) is 23.9. The highest BCUT2D eigenvalue weighted by Gasteiger charge is 2.43. The Labute approximate surface area is 124 Å². The van der Waals surface area contributed by atoms with Gasteiger partial charge in [0.2, 0.25) is 5.91 Å². The molecule has 0 unspecified atom stereocenters. The predicted molar refractivity (Wildman–Crippen MR) is 79.2 cm³/mol. The van der Waals surface area contributed by atoms with Gasteiger partial charge in [-0.1, -0.05) is 18.2 Å². The average molecular weight is 288 g/mol. The first-order valence-electron chi connectivity index (χ1n) is 7.34. The zero-order valence-electron chi connectivity index (χ0n) is 12.5. The van der Waals surface area contributed by atoms with Crippen molar-refractivity contribution < 1.29 is 14.3 Å². The van der Waals surface area contributed by atoms with Crippen molar-refractivity contribution in [3.63, 3.8) is 0 Å². The molecule has 0 N–H and O–H groups in total. The van der Waals surface area contributed by atoms with E-state index in [1.54, 1.807) is 0 Å². The summed E-state index contributed by atoms with van der Waals surface area (Å²) in [6, 6.07) is 5.48. The van der Waals surface area contributed by atoms with E-state index < -0.39 is 0 Å². The number of ether oxygens (including phenoxy) is 1. The Balaban J connectivity index is 1.90. The summed E-state index contributed by atoms with van der Waals surface area (Å²) < 4.78 is 5.32. The van der Waals surface area contributed by atoms with E-state index in [0.29, 0.717) is 26.3 Å². The molecule has 21 heavy (non-hydrogen) atoms. The van der Waals surface area contributed by atoms with Gasteiger partial charge in [-0.05, 0) is 25.0 Å². The molecule has 1 aromatic rings. The second-order valence-electron chi connectivity index (χ2n) is 5.68. The molecule has 2 saturated heterocycles. The van der Waals surface area contributed by atoms with Crippen LogP contribution in [0.3, 0.4) is 0 Å². The number of morpholine rings is 1. The highest BCUT2D eigenvalue weighted by atomic mass is 16.5. The van der Waals surface area contributed by atoms with Crippen LogP contribution in [-0.2, 0) is 14.3 Å². The van der Waals surface area contributed by atoms with E-state index >= 15 is 0 Å². The maximum Gasteiger partial charge on any atom is 0.251 e. The van der Waals surface area contributed by atoms with Gasteiger partial charge in [-0.3, -0.25) is 14.5 Å². The van der Waals surface area contributed by atoms with Gasteiger partial charge in [0.05, 0.1) is 31.4 Å². The number of benzene rings is 1. The smallest absolute Gasteiger partial charge is 0.251 e. The first-order chi connectivity index (χ1) is 10.1. The van der Waals surface area contributed by atoms with Gasteiger partial charge in [0.25, 0.3) is 5.91 Å². The minimum atomic E-state index is -0.333. The lowest BCUT2D eigenvalue weighted by molar-refractivity contribution is -0.123. The molecule has 5 heteroatoms. The molecule has 0 saturated carbocycles. The molecular formula is C16H20N2O3. The highest BCUT2D eigenvalue weighted by molar-refractivity contribution is 6.23. The number of para-hydroxylation sites is 1. The number of rotatable bonds is 2. The van der Waals surface area contributed by atoms with Crippen molar-refractivity contribution in [2.45, 2.75) is 26.3 Å². The second kappa shape index (κ2) is 5.58. The Morgan fingerprint density at radius 3 is 2.33 bits per heavy atom. The minimum absolute atomic E-state index is 0.0979. The lowest BCUT2D eigenvalue weighted by atomic mass is 10.1. The molecule has 0 aromatic heterocycles. The van der Waals surface area contributed by atoms with E-state index in [1.807, 2.05) is 32.0 Å². The van der Waals surface area contributed by atoms with Crippen LogP contribution in [0.15, 0.2) is 18.2 Å². The number of nitrogens with zero attached hydrogens (tertiary/aromatic N) is 2. The molecule has 3 rings (SSSR count). The molecule has 5 nitrogen and oxygen atoms in total. The van der Waals surface area contributed by atoms with Gasteiger partial charge < -0.3 is 4.74 Å². The number of carbonyl (C=O) groups is 2. The third kappa shape index (κ3) is 2.47. The van der Waals surface area contributed by atoms with Gasteiger partial charge in [0, 0.05) is 13.1 Å². The van der Waals surface area contributed by atoms with Crippen molar-refractivity contribution in [1.82, 2.24) is 4.90 Å². The van der Waals surface area contributed by atoms with Crippen LogP contribution in [0, 0.1) is 13.8 Å². The predicted octanol–water partition coefficient (Wildman–Crippen LogP) is 1.27. The fourth-order valence-corrected chi connectivity index (χ4v) is 3.18. The molecule has 1 atom stereocenters. The number of carbonyl (C=O) groups excluding carboxylic acids is 2. The molecule has 0 bridgehead atoms. The average Bonchev–Trinajstić information content (AvgIpc) is 2.76. The Hall–Kier alpha value is -1.72. The summed E-state index contributed by atoms with van der Waals surface area (Å²) in [4.78, 5) is 28.6. The van der Waals surface area contributed by atoms with Crippen molar-refractivity contribution in [3.8, 4) is 0 Å². The first-order valence-corrected chi connectivity index (χ1v) is 7.34. The van der Waals surface area contributed by atoms with Gasteiger partial charge >= 0.3 is 0 Å². The summed E-state index contributed by atoms with van der Waals surface area (Å²) >= 11 is 0. The molecule has 2 heterocycles. The van der Waals surface area contributed by atoms with E-state index in [4.69, 9.17) is 4.74 Å². The van der Waals surface area contributed by atoms with Crippen LogP contribution in [0.2, 0.25) is 0 Å². The summed E-state index contributed by atoms with van der Waals surface area (Å²) in [5.41, 5.74) is 2.67. The maximum atomic E-state index is 12.7. The Morgan fingerprint density at radius 1 is 1.10 bits per heavy atom. The topological polar surface area (TPSA) is 49.9 Å². The van der Waals surface area contributed by atoms with Crippen LogP contribution in [-0.4, -0.2) is 49.1 Å². The van der Waals surface area contributed by atoms with Crippen LogP contribution in [0.4, 0.5) is 5.69 Å². The molecule has 0 spiro atoms. The molecule has 2 fully saturated rings. The van der Waals surface area contributed by atoms with Crippen LogP contribution in [0.1, 0.15) is 17.5 Å². The lowest BCUT2D eigenvalue weighted by Crippen LogP contribution is -2.47. The summed E-state index contributed by atoms with van der Waals surface area (Å²) in [6.07, 6.45) is 0.270. The van der Waals surface area contributed by atoms with Crippen molar-refractivity contribution >= 4 is 17.5 Å². The summed E-state index contributed by atoms with van der Waals surface area (Å²) in [5.74, 6) is -0.201. The van der Waals surface area contributed by atoms with E-state index in [1.165, 1.54) is 4.90 Å². The zero-order chi connectivity index (χ0) is 15.0. The third-order valence-corrected chi connectivity index (χ3v) is 4.27. The second-order valence-corrected chi connectivity index (χ2v) is 5.68. The van der Waals surface area contributed by atoms with E-state index in [2.05, 4.69) is 4.90 Å². The van der Waals surface area contributed by atoms with Crippen molar-refractivity contribution in [2.24, 2.45) is 0 Å². The summed E-state index contributed by atoms with van der Waals surface area (Å²) in [6.45, 7) is 6.55. The maximum absolute atomic E-state index is 12.7. The van der Waals surface area contributed by atoms with Gasteiger partial charge in [-0.15, -0.1) is 0 Å². The Bertz CT molecular complexity index is 559. The molecule has 2 aliphatic rings. The van der Waals surface area contributed by atoms with Gasteiger partial charge in [-0.25, -0.2) is 4.90 Å². The SMILES string of the molecule is Cc1cccc(C)c1N1C(=O)C[C@H](N2CCOCC2)C1=O. The number of aryl methyl sites for hydroxylation is 2. The molecule has 0 aliphatic carbocycles. The number of hydrogen-bond donors (Lipinski definition) is 0. The minimum Gasteiger partial charge on any atom is -0.379 e. The molecule has 2 amide bonds. The lowest BCUT2D eigenvalue weighted by Gasteiger charge is -2.30. The summed E-state index contributed by atoms with van der Waals surface area (Å²) in [7, 11) is 0. The van der Waals surface area contributed by atoms with Crippen molar-refractivity contribution in [1.29, 1.82) is 0 Å². The Kier molecular flexibility index (Phi) is 3.78. The quantitative estimate of drug-likeness (QED) is 0.769. The fraction of sp³-hybridized carbons (Fsp3) is 0.500. The number of anilines is 1. The largest absolute Gasteiger partial charge is 0.379 e. The highest BCUT2D eigenvalue weighted by Crippen LogP contribution is 2.31. The Morgan fingerprint density at radius 2 is 1.71 bits per heavy atom. The first kappa shape index (κ1) is 14.2. The van der Waals surface area contributed by atoms with Gasteiger partial charge in [0.15, 0.2) is 0 Å². The van der Waals surface area contributed by atoms with E-state index in [0.717, 1.165) is 16.8 Å². The van der Waals surface area contributed by atoms with Crippen LogP contribution in [0.5, 0.6) is 0 Å². The molecule has 0 radical (unpaired) electrons. The van der Waals surface area contributed by atoms with Gasteiger partial charge in [0.1, 0.15) is 0 Å². The third-order valence-electron chi connectivity index (χ3n) is 4.27. The standard InChI is InChI=1S/C16H20N2O3/c1-11-4-3-5-12(2)15(11)18-14(19)10-13(16(18)20)17-6-8-21-9-7-17/h3-5,13H,6-10H2,1-2H3/t13-/m0/s1. The number of amides is 2. The number of imide groups is 1. The summed E-state index contributed by atoms with van der Waals surface area (Å²) in [5, 5.41) is 0. The van der Waals surface area contributed by atoms with Gasteiger partial charge in [-0.2, -0.15) is 0 Å². The molecule has 1 aromatic carbocycles.